The lowest BCUT2D eigenvalue weighted by atomic mass is 10.1. The van der Waals surface area contributed by atoms with Gasteiger partial charge in [0.1, 0.15) is 15.5 Å². The summed E-state index contributed by atoms with van der Waals surface area (Å²) in [4.78, 5) is 33.7. The molecule has 0 radical (unpaired) electrons. The van der Waals surface area contributed by atoms with Crippen molar-refractivity contribution in [3.63, 3.8) is 0 Å². The first-order valence-electron chi connectivity index (χ1n) is 7.71. The van der Waals surface area contributed by atoms with E-state index in [1.165, 1.54) is 29.6 Å². The lowest BCUT2D eigenvalue weighted by Gasteiger charge is -2.05. The quantitative estimate of drug-likeness (QED) is 0.552. The average molecular weight is 374 g/mol. The van der Waals surface area contributed by atoms with Crippen molar-refractivity contribution in [2.24, 2.45) is 0 Å². The van der Waals surface area contributed by atoms with E-state index in [1.807, 2.05) is 0 Å². The minimum absolute atomic E-state index is 0.218. The summed E-state index contributed by atoms with van der Waals surface area (Å²) in [6.45, 7) is 5.90. The lowest BCUT2D eigenvalue weighted by Crippen LogP contribution is -2.11. The summed E-state index contributed by atoms with van der Waals surface area (Å²) >= 11 is 2.81. The Labute approximate surface area is 153 Å². The van der Waals surface area contributed by atoms with Crippen LogP contribution in [0.15, 0.2) is 27.9 Å². The maximum atomic E-state index is 12.4. The van der Waals surface area contributed by atoms with Crippen LogP contribution in [0.3, 0.4) is 0 Å². The number of thiophene rings is 1. The molecule has 0 spiro atoms. The highest BCUT2D eigenvalue weighted by Crippen LogP contribution is 2.29. The molecule has 130 valence electrons. The van der Waals surface area contributed by atoms with Gasteiger partial charge in [0.15, 0.2) is 0 Å². The Morgan fingerprint density at radius 3 is 2.72 bits per heavy atom. The molecule has 0 aliphatic rings. The summed E-state index contributed by atoms with van der Waals surface area (Å²) < 4.78 is 4.77. The fourth-order valence-corrected chi connectivity index (χ4v) is 4.48. The number of nitrogens with one attached hydrogen (secondary N) is 1. The number of thioether (sulfide) groups is 1. The second-order valence-electron chi connectivity index (χ2n) is 5.78. The van der Waals surface area contributed by atoms with Gasteiger partial charge >= 0.3 is 5.97 Å². The number of aromatic amines is 1. The average Bonchev–Trinajstić information content (AvgIpc) is 2.92. The van der Waals surface area contributed by atoms with Gasteiger partial charge < -0.3 is 9.72 Å². The fraction of sp³-hybridized carbons (Fsp3) is 0.278. The number of aromatic nitrogens is 2. The Hall–Kier alpha value is -2.12. The second kappa shape index (κ2) is 7.01. The van der Waals surface area contributed by atoms with Crippen molar-refractivity contribution in [3.05, 3.63) is 55.9 Å². The highest BCUT2D eigenvalue weighted by atomic mass is 32.2. The Balaban J connectivity index is 1.91. The van der Waals surface area contributed by atoms with Gasteiger partial charge in [-0.2, -0.15) is 0 Å². The predicted octanol–water partition coefficient (Wildman–Crippen LogP) is 3.99. The van der Waals surface area contributed by atoms with Crippen LogP contribution in [-0.4, -0.2) is 23.0 Å². The van der Waals surface area contributed by atoms with Crippen LogP contribution >= 0.6 is 23.1 Å². The zero-order chi connectivity index (χ0) is 18.1. The highest BCUT2D eigenvalue weighted by molar-refractivity contribution is 7.98. The fourth-order valence-electron chi connectivity index (χ4n) is 2.50. The molecule has 1 aromatic carbocycles. The number of nitrogens with zero attached hydrogens (tertiary/aromatic N) is 1. The minimum atomic E-state index is -0.439. The standard InChI is InChI=1S/C18H18N2O3S2/c1-9-5-6-12(7-10(9)2)24-8-13-19-16(21)14-11(3)15(18(22)23-4)25-17(14)20-13/h5-7H,8H2,1-4H3,(H,19,20,21). The van der Waals surface area contributed by atoms with Gasteiger partial charge in [0.05, 0.1) is 18.2 Å². The molecule has 0 bridgehead atoms. The number of methoxy groups -OCH3 is 1. The maximum Gasteiger partial charge on any atom is 0.348 e. The zero-order valence-electron chi connectivity index (χ0n) is 14.4. The molecule has 1 N–H and O–H groups in total. The number of rotatable bonds is 4. The van der Waals surface area contributed by atoms with Gasteiger partial charge in [0, 0.05) is 4.90 Å². The molecular formula is C18H18N2O3S2. The summed E-state index contributed by atoms with van der Waals surface area (Å²) in [5.74, 6) is 0.711. The van der Waals surface area contributed by atoms with Crippen LogP contribution < -0.4 is 5.56 Å². The van der Waals surface area contributed by atoms with Crippen LogP contribution in [0.5, 0.6) is 0 Å². The van der Waals surface area contributed by atoms with E-state index < -0.39 is 5.97 Å². The number of carbonyl (C=O) groups excluding carboxylic acids is 1. The van der Waals surface area contributed by atoms with E-state index in [4.69, 9.17) is 4.74 Å². The summed E-state index contributed by atoms with van der Waals surface area (Å²) in [5, 5.41) is 0.463. The molecule has 0 fully saturated rings. The third-order valence-corrected chi connectivity index (χ3v) is 6.25. The van der Waals surface area contributed by atoms with Gasteiger partial charge in [-0.05, 0) is 49.6 Å². The van der Waals surface area contributed by atoms with Crippen LogP contribution in [0.1, 0.15) is 32.2 Å². The normalized spacial score (nSPS) is 11.0. The van der Waals surface area contributed by atoms with Crippen molar-refractivity contribution < 1.29 is 9.53 Å². The summed E-state index contributed by atoms with van der Waals surface area (Å²) in [6.07, 6.45) is 0. The van der Waals surface area contributed by atoms with E-state index in [9.17, 15) is 9.59 Å². The van der Waals surface area contributed by atoms with Crippen molar-refractivity contribution in [2.75, 3.05) is 7.11 Å². The molecular weight excluding hydrogens is 356 g/mol. The minimum Gasteiger partial charge on any atom is -0.465 e. The second-order valence-corrected chi connectivity index (χ2v) is 7.82. The van der Waals surface area contributed by atoms with E-state index >= 15 is 0 Å². The molecule has 7 heteroatoms. The first-order chi connectivity index (χ1) is 11.9. The molecule has 2 aromatic heterocycles. The number of carbonyl (C=O) groups is 1. The van der Waals surface area contributed by atoms with E-state index in [-0.39, 0.29) is 5.56 Å². The van der Waals surface area contributed by atoms with Gasteiger partial charge in [-0.1, -0.05) is 6.07 Å². The lowest BCUT2D eigenvalue weighted by molar-refractivity contribution is 0.0605. The van der Waals surface area contributed by atoms with E-state index in [2.05, 4.69) is 42.0 Å². The SMILES string of the molecule is COC(=O)c1sc2nc(CSc3ccc(C)c(C)c3)[nH]c(=O)c2c1C. The topological polar surface area (TPSA) is 72.0 Å². The highest BCUT2D eigenvalue weighted by Gasteiger charge is 2.19. The van der Waals surface area contributed by atoms with Gasteiger partial charge in [0.25, 0.3) is 5.56 Å². The summed E-state index contributed by atoms with van der Waals surface area (Å²) in [6, 6.07) is 6.28. The Morgan fingerprint density at radius 1 is 1.28 bits per heavy atom. The van der Waals surface area contributed by atoms with Crippen molar-refractivity contribution >= 4 is 39.3 Å². The molecule has 2 heterocycles. The maximum absolute atomic E-state index is 12.4. The third kappa shape index (κ3) is 3.48. The van der Waals surface area contributed by atoms with E-state index in [1.54, 1.807) is 18.7 Å². The molecule has 0 saturated heterocycles. The number of aryl methyl sites for hydroxylation is 3. The molecule has 0 unspecified atom stereocenters. The Morgan fingerprint density at radius 2 is 2.04 bits per heavy atom. The monoisotopic (exact) mass is 374 g/mol. The molecule has 0 atom stereocenters. The molecule has 0 aliphatic heterocycles. The molecule has 0 aliphatic carbocycles. The van der Waals surface area contributed by atoms with Crippen molar-refractivity contribution in [2.45, 2.75) is 31.4 Å². The van der Waals surface area contributed by atoms with E-state index in [0.717, 1.165) is 4.90 Å². The summed E-state index contributed by atoms with van der Waals surface area (Å²) in [7, 11) is 1.33. The molecule has 5 nitrogen and oxygen atoms in total. The molecule has 25 heavy (non-hydrogen) atoms. The Kier molecular flexibility index (Phi) is 4.96. The predicted molar refractivity (Wildman–Crippen MR) is 102 cm³/mol. The van der Waals surface area contributed by atoms with Crippen LogP contribution in [0.4, 0.5) is 0 Å². The number of ether oxygens (including phenoxy) is 1. The number of hydrogen-bond acceptors (Lipinski definition) is 6. The van der Waals surface area contributed by atoms with Gasteiger partial charge in [-0.15, -0.1) is 23.1 Å². The number of benzene rings is 1. The van der Waals surface area contributed by atoms with Gasteiger partial charge in [0.2, 0.25) is 0 Å². The molecule has 0 amide bonds. The first-order valence-corrected chi connectivity index (χ1v) is 9.51. The van der Waals surface area contributed by atoms with Crippen molar-refractivity contribution in [1.29, 1.82) is 0 Å². The Bertz CT molecular complexity index is 1020. The van der Waals surface area contributed by atoms with Crippen LogP contribution in [-0.2, 0) is 10.5 Å². The number of hydrogen-bond donors (Lipinski definition) is 1. The smallest absolute Gasteiger partial charge is 0.348 e. The third-order valence-electron chi connectivity index (χ3n) is 4.07. The van der Waals surface area contributed by atoms with E-state index in [0.29, 0.717) is 32.2 Å². The van der Waals surface area contributed by atoms with Crippen LogP contribution in [0.2, 0.25) is 0 Å². The summed E-state index contributed by atoms with van der Waals surface area (Å²) in [5.41, 5.74) is 2.89. The zero-order valence-corrected chi connectivity index (χ0v) is 16.1. The number of fused-ring (bicyclic) bond motifs is 1. The molecule has 3 rings (SSSR count). The van der Waals surface area contributed by atoms with Gasteiger partial charge in [-0.25, -0.2) is 9.78 Å². The number of H-pyrrole nitrogens is 1. The van der Waals surface area contributed by atoms with Crippen molar-refractivity contribution in [3.8, 4) is 0 Å². The largest absolute Gasteiger partial charge is 0.465 e. The number of esters is 1. The molecule has 0 saturated carbocycles. The molecule has 3 aromatic rings. The van der Waals surface area contributed by atoms with Crippen LogP contribution in [0.25, 0.3) is 10.2 Å². The van der Waals surface area contributed by atoms with Crippen molar-refractivity contribution in [1.82, 2.24) is 9.97 Å². The first kappa shape index (κ1) is 17.7. The van der Waals surface area contributed by atoms with Gasteiger partial charge in [-0.3, -0.25) is 4.79 Å². The van der Waals surface area contributed by atoms with Crippen LogP contribution in [0, 0.1) is 20.8 Å².